The Morgan fingerprint density at radius 2 is 1.79 bits per heavy atom. The number of carbonyl (C=O) groups is 2. The summed E-state index contributed by atoms with van der Waals surface area (Å²) in [6.07, 6.45) is 0. The van der Waals surface area contributed by atoms with E-state index in [1.54, 1.807) is 36.4 Å². The van der Waals surface area contributed by atoms with Crippen molar-refractivity contribution in [2.24, 2.45) is 0 Å². The molecule has 0 bridgehead atoms. The lowest BCUT2D eigenvalue weighted by atomic mass is 10.2. The molecule has 0 aliphatic carbocycles. The van der Waals surface area contributed by atoms with E-state index in [0.29, 0.717) is 41.0 Å². The third-order valence-corrected chi connectivity index (χ3v) is 3.71. The molecule has 124 valence electrons. The lowest BCUT2D eigenvalue weighted by Gasteiger charge is -2.18. The van der Waals surface area contributed by atoms with Gasteiger partial charge < -0.3 is 14.8 Å². The number of imide groups is 1. The fraction of sp³-hybridized carbons (Fsp3) is 0.176. The van der Waals surface area contributed by atoms with Crippen molar-refractivity contribution in [1.82, 2.24) is 5.32 Å². The Kier molecular flexibility index (Phi) is 4.57. The lowest BCUT2D eigenvalue weighted by molar-refractivity contribution is 0.0966. The number of halogens is 1. The predicted molar refractivity (Wildman–Crippen MR) is 90.1 cm³/mol. The van der Waals surface area contributed by atoms with Crippen LogP contribution in [0.2, 0.25) is 5.02 Å². The van der Waals surface area contributed by atoms with Crippen LogP contribution in [0.1, 0.15) is 15.9 Å². The largest absolute Gasteiger partial charge is 0.486 e. The molecule has 0 saturated carbocycles. The number of rotatable bonds is 2. The number of hydrogen-bond donors (Lipinski definition) is 2. The maximum absolute atomic E-state index is 12.2. The summed E-state index contributed by atoms with van der Waals surface area (Å²) < 4.78 is 10.8. The molecule has 3 amide bonds. The Morgan fingerprint density at radius 3 is 2.58 bits per heavy atom. The van der Waals surface area contributed by atoms with E-state index < -0.39 is 11.9 Å². The zero-order chi connectivity index (χ0) is 17.1. The van der Waals surface area contributed by atoms with E-state index in [1.807, 2.05) is 6.92 Å². The van der Waals surface area contributed by atoms with Crippen molar-refractivity contribution in [3.05, 3.63) is 52.5 Å². The molecule has 0 saturated heterocycles. The van der Waals surface area contributed by atoms with Gasteiger partial charge in [0.15, 0.2) is 11.5 Å². The van der Waals surface area contributed by atoms with Crippen LogP contribution in [0.3, 0.4) is 0 Å². The van der Waals surface area contributed by atoms with Gasteiger partial charge in [0.2, 0.25) is 0 Å². The summed E-state index contributed by atoms with van der Waals surface area (Å²) in [5.41, 5.74) is 1.67. The Morgan fingerprint density at radius 1 is 1.04 bits per heavy atom. The first-order valence-electron chi connectivity index (χ1n) is 7.31. The number of benzene rings is 2. The number of amides is 3. The molecule has 0 spiro atoms. The predicted octanol–water partition coefficient (Wildman–Crippen LogP) is 3.38. The summed E-state index contributed by atoms with van der Waals surface area (Å²) in [6, 6.07) is 9.23. The second kappa shape index (κ2) is 6.80. The molecule has 2 aromatic rings. The van der Waals surface area contributed by atoms with Crippen molar-refractivity contribution in [2.45, 2.75) is 6.92 Å². The molecule has 24 heavy (non-hydrogen) atoms. The van der Waals surface area contributed by atoms with E-state index >= 15 is 0 Å². The van der Waals surface area contributed by atoms with E-state index in [-0.39, 0.29) is 0 Å². The van der Waals surface area contributed by atoms with Crippen molar-refractivity contribution in [3.63, 3.8) is 0 Å². The Bertz CT molecular complexity index is 807. The van der Waals surface area contributed by atoms with E-state index in [4.69, 9.17) is 21.1 Å². The third kappa shape index (κ3) is 3.60. The molecule has 0 unspecified atom stereocenters. The normalized spacial score (nSPS) is 12.4. The second-order valence-corrected chi connectivity index (χ2v) is 5.66. The van der Waals surface area contributed by atoms with Crippen molar-refractivity contribution in [3.8, 4) is 11.5 Å². The summed E-state index contributed by atoms with van der Waals surface area (Å²) >= 11 is 5.90. The minimum atomic E-state index is -0.639. The summed E-state index contributed by atoms with van der Waals surface area (Å²) in [4.78, 5) is 24.2. The molecule has 2 N–H and O–H groups in total. The number of anilines is 1. The number of carbonyl (C=O) groups excluding carboxylic acids is 2. The van der Waals surface area contributed by atoms with Gasteiger partial charge in [0.1, 0.15) is 13.2 Å². The third-order valence-electron chi connectivity index (χ3n) is 3.48. The van der Waals surface area contributed by atoms with Gasteiger partial charge >= 0.3 is 6.03 Å². The number of fused-ring (bicyclic) bond motifs is 1. The van der Waals surface area contributed by atoms with Gasteiger partial charge in [-0.05, 0) is 42.8 Å². The van der Waals surface area contributed by atoms with Crippen LogP contribution in [-0.4, -0.2) is 25.2 Å². The molecule has 3 rings (SSSR count). The fourth-order valence-electron chi connectivity index (χ4n) is 2.24. The number of urea groups is 1. The van der Waals surface area contributed by atoms with Gasteiger partial charge in [-0.3, -0.25) is 10.1 Å². The molecule has 0 atom stereocenters. The number of nitrogens with one attached hydrogen (secondary N) is 2. The van der Waals surface area contributed by atoms with Crippen molar-refractivity contribution >= 4 is 29.2 Å². The van der Waals surface area contributed by atoms with E-state index in [9.17, 15) is 9.59 Å². The van der Waals surface area contributed by atoms with Crippen molar-refractivity contribution in [2.75, 3.05) is 18.5 Å². The Balaban J connectivity index is 1.68. The van der Waals surface area contributed by atoms with Gasteiger partial charge in [0, 0.05) is 16.3 Å². The van der Waals surface area contributed by atoms with Crippen LogP contribution in [0.4, 0.5) is 10.5 Å². The van der Waals surface area contributed by atoms with E-state index in [1.165, 1.54) is 0 Å². The zero-order valence-electron chi connectivity index (χ0n) is 12.9. The van der Waals surface area contributed by atoms with Crippen LogP contribution in [0.15, 0.2) is 36.4 Å². The van der Waals surface area contributed by atoms with Crippen LogP contribution < -0.4 is 20.1 Å². The van der Waals surface area contributed by atoms with Crippen LogP contribution in [0.25, 0.3) is 0 Å². The number of aryl methyl sites for hydroxylation is 1. The molecular weight excluding hydrogens is 332 g/mol. The maximum Gasteiger partial charge on any atom is 0.326 e. The Hall–Kier alpha value is -2.73. The second-order valence-electron chi connectivity index (χ2n) is 5.23. The minimum absolute atomic E-state index is 0.303. The molecule has 0 aromatic heterocycles. The van der Waals surface area contributed by atoms with E-state index in [2.05, 4.69) is 10.6 Å². The molecule has 7 heteroatoms. The summed E-state index contributed by atoms with van der Waals surface area (Å²) in [5.74, 6) is 0.529. The molecule has 0 radical (unpaired) electrons. The van der Waals surface area contributed by atoms with Gasteiger partial charge in [-0.15, -0.1) is 0 Å². The molecule has 6 nitrogen and oxygen atoms in total. The first-order chi connectivity index (χ1) is 11.5. The van der Waals surface area contributed by atoms with Crippen molar-refractivity contribution < 1.29 is 19.1 Å². The topological polar surface area (TPSA) is 76.7 Å². The SMILES string of the molecule is Cc1ccc(Cl)cc1NC(=O)NC(=O)c1ccc2c(c1)OCCO2. The highest BCUT2D eigenvalue weighted by Crippen LogP contribution is 2.30. The molecule has 2 aromatic carbocycles. The molecule has 1 heterocycles. The minimum Gasteiger partial charge on any atom is -0.486 e. The van der Waals surface area contributed by atoms with Crippen LogP contribution in [0, 0.1) is 6.92 Å². The van der Waals surface area contributed by atoms with Crippen LogP contribution >= 0.6 is 11.6 Å². The monoisotopic (exact) mass is 346 g/mol. The average molecular weight is 347 g/mol. The van der Waals surface area contributed by atoms with Crippen LogP contribution in [0.5, 0.6) is 11.5 Å². The Labute approximate surface area is 143 Å². The molecular formula is C17H15ClN2O4. The number of hydrogen-bond acceptors (Lipinski definition) is 4. The fourth-order valence-corrected chi connectivity index (χ4v) is 2.41. The van der Waals surface area contributed by atoms with Gasteiger partial charge in [0.25, 0.3) is 5.91 Å². The average Bonchev–Trinajstić information content (AvgIpc) is 2.57. The van der Waals surface area contributed by atoms with Gasteiger partial charge in [-0.2, -0.15) is 0 Å². The molecule has 0 fully saturated rings. The first-order valence-corrected chi connectivity index (χ1v) is 7.69. The lowest BCUT2D eigenvalue weighted by Crippen LogP contribution is -2.34. The highest BCUT2D eigenvalue weighted by molar-refractivity contribution is 6.31. The molecule has 1 aliphatic rings. The van der Waals surface area contributed by atoms with Gasteiger partial charge in [-0.1, -0.05) is 17.7 Å². The highest BCUT2D eigenvalue weighted by Gasteiger charge is 2.16. The van der Waals surface area contributed by atoms with E-state index in [0.717, 1.165) is 5.56 Å². The summed E-state index contributed by atoms with van der Waals surface area (Å²) in [6.45, 7) is 2.72. The molecule has 1 aliphatic heterocycles. The summed E-state index contributed by atoms with van der Waals surface area (Å²) in [5, 5.41) is 5.37. The first kappa shape index (κ1) is 16.1. The zero-order valence-corrected chi connectivity index (χ0v) is 13.6. The van der Waals surface area contributed by atoms with Crippen LogP contribution in [-0.2, 0) is 0 Å². The standard InChI is InChI=1S/C17H15ClN2O4/c1-10-2-4-12(18)9-13(10)19-17(22)20-16(21)11-3-5-14-15(8-11)24-7-6-23-14/h2-5,8-9H,6-7H2,1H3,(H2,19,20,21,22). The van der Waals surface area contributed by atoms with Crippen molar-refractivity contribution in [1.29, 1.82) is 0 Å². The smallest absolute Gasteiger partial charge is 0.326 e. The number of ether oxygens (including phenoxy) is 2. The van der Waals surface area contributed by atoms with Gasteiger partial charge in [-0.25, -0.2) is 4.79 Å². The maximum atomic E-state index is 12.2. The van der Waals surface area contributed by atoms with Gasteiger partial charge in [0.05, 0.1) is 0 Å². The quantitative estimate of drug-likeness (QED) is 0.874. The summed E-state index contributed by atoms with van der Waals surface area (Å²) in [7, 11) is 0. The highest BCUT2D eigenvalue weighted by atomic mass is 35.5.